The normalized spacial score (nSPS) is 14.0. The van der Waals surface area contributed by atoms with Crippen LogP contribution >= 0.6 is 0 Å². The molecule has 3 rings (SSSR count). The maximum Gasteiger partial charge on any atom is 0.230 e. The molecule has 1 aliphatic rings. The third-order valence-corrected chi connectivity index (χ3v) is 3.68. The predicted molar refractivity (Wildman–Crippen MR) is 83.5 cm³/mol. The minimum Gasteiger partial charge on any atom is -0.507 e. The maximum atomic E-state index is 12.1. The second kappa shape index (κ2) is 5.05. The van der Waals surface area contributed by atoms with Crippen molar-refractivity contribution < 1.29 is 9.90 Å². The molecule has 2 aromatic carbocycles. The van der Waals surface area contributed by atoms with E-state index in [1.807, 2.05) is 32.0 Å². The summed E-state index contributed by atoms with van der Waals surface area (Å²) in [7, 11) is 0. The molecule has 0 spiro atoms. The number of phenols is 1. The second-order valence-electron chi connectivity index (χ2n) is 5.25. The lowest BCUT2D eigenvalue weighted by Gasteiger charge is -2.08. The Morgan fingerprint density at radius 3 is 2.62 bits per heavy atom. The summed E-state index contributed by atoms with van der Waals surface area (Å²) in [6.07, 6.45) is 0.143. The number of rotatable bonds is 1. The van der Waals surface area contributed by atoms with E-state index in [0.29, 0.717) is 17.0 Å². The van der Waals surface area contributed by atoms with Crippen LogP contribution in [0.5, 0.6) is 5.75 Å². The molecule has 2 N–H and O–H groups in total. The number of carbonyl (C=O) groups excluding carboxylic acids is 1. The minimum atomic E-state index is -0.126. The Labute approximate surface area is 123 Å². The number of nitrogens with one attached hydrogen (secondary N) is 1. The van der Waals surface area contributed by atoms with Crippen LogP contribution in [-0.4, -0.2) is 16.7 Å². The van der Waals surface area contributed by atoms with Crippen LogP contribution in [0.25, 0.3) is 0 Å². The van der Waals surface area contributed by atoms with E-state index < -0.39 is 0 Å². The van der Waals surface area contributed by atoms with Crippen molar-refractivity contribution in [3.8, 4) is 5.75 Å². The summed E-state index contributed by atoms with van der Waals surface area (Å²) in [6, 6.07) is 10.8. The topological polar surface area (TPSA) is 61.7 Å². The summed E-state index contributed by atoms with van der Waals surface area (Å²) in [5.41, 5.74) is 4.84. The molecule has 0 saturated carbocycles. The van der Waals surface area contributed by atoms with Gasteiger partial charge in [0.05, 0.1) is 23.5 Å². The van der Waals surface area contributed by atoms with E-state index in [9.17, 15) is 9.90 Å². The van der Waals surface area contributed by atoms with E-state index in [2.05, 4.69) is 10.3 Å². The molecule has 0 atom stereocenters. The van der Waals surface area contributed by atoms with E-state index in [-0.39, 0.29) is 18.1 Å². The largest absolute Gasteiger partial charge is 0.507 e. The standard InChI is InChI=1S/C17H16N2O2/c1-10-7-14-15(8-11(10)2)19-17(21)9-13(18-14)12-5-3-4-6-16(12)20/h3-8,20H,9H2,1-2H3,(H,19,21). The van der Waals surface area contributed by atoms with Gasteiger partial charge >= 0.3 is 0 Å². The number of hydrogen-bond donors (Lipinski definition) is 2. The molecule has 1 amide bonds. The Kier molecular flexibility index (Phi) is 3.22. The van der Waals surface area contributed by atoms with Crippen molar-refractivity contribution in [2.24, 2.45) is 4.99 Å². The van der Waals surface area contributed by atoms with Crippen molar-refractivity contribution in [1.29, 1.82) is 0 Å². The monoisotopic (exact) mass is 280 g/mol. The summed E-state index contributed by atoms with van der Waals surface area (Å²) in [5.74, 6) is 0.00957. The van der Waals surface area contributed by atoms with Crippen LogP contribution in [0.4, 0.5) is 11.4 Å². The Morgan fingerprint density at radius 1 is 1.14 bits per heavy atom. The van der Waals surface area contributed by atoms with E-state index in [1.54, 1.807) is 18.2 Å². The van der Waals surface area contributed by atoms with Crippen LogP contribution in [0.1, 0.15) is 23.1 Å². The molecule has 0 saturated heterocycles. The maximum absolute atomic E-state index is 12.1. The lowest BCUT2D eigenvalue weighted by Crippen LogP contribution is -2.15. The zero-order chi connectivity index (χ0) is 15.0. The Balaban J connectivity index is 2.17. The van der Waals surface area contributed by atoms with Crippen molar-refractivity contribution >= 4 is 23.0 Å². The van der Waals surface area contributed by atoms with Crippen molar-refractivity contribution in [2.45, 2.75) is 20.3 Å². The molecule has 1 aliphatic heterocycles. The zero-order valence-corrected chi connectivity index (χ0v) is 12.0. The number of fused-ring (bicyclic) bond motifs is 1. The Hall–Kier alpha value is -2.62. The van der Waals surface area contributed by atoms with Crippen LogP contribution < -0.4 is 5.32 Å². The molecule has 0 unspecified atom stereocenters. The molecular weight excluding hydrogens is 264 g/mol. The van der Waals surface area contributed by atoms with Crippen molar-refractivity contribution in [3.63, 3.8) is 0 Å². The average Bonchev–Trinajstić information content (AvgIpc) is 2.58. The molecule has 0 bridgehead atoms. The first-order chi connectivity index (χ1) is 10.0. The molecule has 0 aliphatic carbocycles. The fraction of sp³-hybridized carbons (Fsp3) is 0.176. The SMILES string of the molecule is Cc1cc2c(cc1C)NC(=O)CC(c1ccccc1O)=N2. The summed E-state index contributed by atoms with van der Waals surface area (Å²) >= 11 is 0. The summed E-state index contributed by atoms with van der Waals surface area (Å²) in [4.78, 5) is 16.7. The Bertz CT molecular complexity index is 763. The second-order valence-corrected chi connectivity index (χ2v) is 5.25. The summed E-state index contributed by atoms with van der Waals surface area (Å²) in [5, 5.41) is 12.8. The van der Waals surface area contributed by atoms with Crippen molar-refractivity contribution in [2.75, 3.05) is 5.32 Å². The van der Waals surface area contributed by atoms with Gasteiger partial charge in [0.1, 0.15) is 5.75 Å². The lowest BCUT2D eigenvalue weighted by molar-refractivity contribution is -0.115. The molecule has 0 aromatic heterocycles. The zero-order valence-electron chi connectivity index (χ0n) is 12.0. The van der Waals surface area contributed by atoms with Gasteiger partial charge in [-0.1, -0.05) is 12.1 Å². The lowest BCUT2D eigenvalue weighted by atomic mass is 10.1. The molecule has 4 heteroatoms. The van der Waals surface area contributed by atoms with Crippen molar-refractivity contribution in [1.82, 2.24) is 0 Å². The number of para-hydroxylation sites is 1. The van der Waals surface area contributed by atoms with E-state index in [4.69, 9.17) is 0 Å². The number of amides is 1. The van der Waals surface area contributed by atoms with Crippen LogP contribution in [0.2, 0.25) is 0 Å². The highest BCUT2D eigenvalue weighted by Gasteiger charge is 2.19. The molecule has 0 radical (unpaired) electrons. The number of aromatic hydroxyl groups is 1. The van der Waals surface area contributed by atoms with E-state index in [1.165, 1.54) is 0 Å². The van der Waals surface area contributed by atoms with Gasteiger partial charge in [-0.25, -0.2) is 4.99 Å². The number of anilines is 1. The van der Waals surface area contributed by atoms with Crippen LogP contribution in [-0.2, 0) is 4.79 Å². The van der Waals surface area contributed by atoms with Crippen LogP contribution in [0.3, 0.4) is 0 Å². The number of aliphatic imine (C=N–C) groups is 1. The van der Waals surface area contributed by atoms with Gasteiger partial charge in [0.15, 0.2) is 0 Å². The first-order valence-corrected chi connectivity index (χ1v) is 6.81. The van der Waals surface area contributed by atoms with Gasteiger partial charge in [0, 0.05) is 5.56 Å². The van der Waals surface area contributed by atoms with E-state index >= 15 is 0 Å². The number of carbonyl (C=O) groups is 1. The fourth-order valence-corrected chi connectivity index (χ4v) is 2.40. The summed E-state index contributed by atoms with van der Waals surface area (Å²) < 4.78 is 0. The number of benzene rings is 2. The number of hydrogen-bond acceptors (Lipinski definition) is 3. The van der Waals surface area contributed by atoms with Gasteiger partial charge in [-0.2, -0.15) is 0 Å². The number of aryl methyl sites for hydroxylation is 2. The molecule has 0 fully saturated rings. The van der Waals surface area contributed by atoms with Gasteiger partial charge < -0.3 is 10.4 Å². The molecule has 2 aromatic rings. The van der Waals surface area contributed by atoms with Crippen LogP contribution in [0, 0.1) is 13.8 Å². The van der Waals surface area contributed by atoms with Gasteiger partial charge in [-0.05, 0) is 49.2 Å². The molecule has 21 heavy (non-hydrogen) atoms. The number of nitrogens with zero attached hydrogens (tertiary/aromatic N) is 1. The fourth-order valence-electron chi connectivity index (χ4n) is 2.40. The first kappa shape index (κ1) is 13.4. The minimum absolute atomic E-state index is 0.126. The smallest absolute Gasteiger partial charge is 0.230 e. The predicted octanol–water partition coefficient (Wildman–Crippen LogP) is 3.47. The molecule has 4 nitrogen and oxygen atoms in total. The third kappa shape index (κ3) is 2.52. The van der Waals surface area contributed by atoms with Gasteiger partial charge in [-0.15, -0.1) is 0 Å². The third-order valence-electron chi connectivity index (χ3n) is 3.68. The van der Waals surface area contributed by atoms with Crippen molar-refractivity contribution in [3.05, 3.63) is 53.1 Å². The Morgan fingerprint density at radius 2 is 1.86 bits per heavy atom. The number of phenolic OH excluding ortho intramolecular Hbond substituents is 1. The highest BCUT2D eigenvalue weighted by Crippen LogP contribution is 2.33. The quantitative estimate of drug-likeness (QED) is 0.840. The molecular formula is C17H16N2O2. The average molecular weight is 280 g/mol. The molecule has 1 heterocycles. The highest BCUT2D eigenvalue weighted by atomic mass is 16.3. The van der Waals surface area contributed by atoms with Crippen LogP contribution in [0.15, 0.2) is 41.4 Å². The summed E-state index contributed by atoms with van der Waals surface area (Å²) in [6.45, 7) is 4.01. The van der Waals surface area contributed by atoms with E-state index in [0.717, 1.165) is 16.8 Å². The van der Waals surface area contributed by atoms with Gasteiger partial charge in [0.25, 0.3) is 0 Å². The first-order valence-electron chi connectivity index (χ1n) is 6.81. The van der Waals surface area contributed by atoms with Gasteiger partial charge in [-0.3, -0.25) is 4.79 Å². The molecule has 106 valence electrons. The van der Waals surface area contributed by atoms with Gasteiger partial charge in [0.2, 0.25) is 5.91 Å². The highest BCUT2D eigenvalue weighted by molar-refractivity contribution is 6.17.